The maximum absolute atomic E-state index is 12.7. The molecule has 6 rings (SSSR count). The third kappa shape index (κ3) is 6.70. The van der Waals surface area contributed by atoms with E-state index in [1.54, 1.807) is 43.8 Å². The highest BCUT2D eigenvalue weighted by Gasteiger charge is 2.44. The van der Waals surface area contributed by atoms with Crippen molar-refractivity contribution < 1.29 is 19.0 Å². The van der Waals surface area contributed by atoms with E-state index < -0.39 is 0 Å². The lowest BCUT2D eigenvalue weighted by Gasteiger charge is -2.38. The Kier molecular flexibility index (Phi) is 8.97. The average molecular weight is 647 g/mol. The number of ether oxygens (including phenoxy) is 3. The second-order valence-corrected chi connectivity index (χ2v) is 13.7. The Balaban J connectivity index is 1.15. The van der Waals surface area contributed by atoms with Crippen LogP contribution in [0.4, 0.5) is 17.7 Å². The molecule has 3 aliphatic rings. The first kappa shape index (κ1) is 31.9. The number of benzene rings is 1. The molecule has 0 radical (unpaired) electrons. The fraction of sp³-hybridized carbons (Fsp3) is 0.515. The second-order valence-electron chi connectivity index (χ2n) is 13.2. The zero-order valence-electron chi connectivity index (χ0n) is 27.0. The Labute approximate surface area is 275 Å². The van der Waals surface area contributed by atoms with Crippen molar-refractivity contribution in [2.24, 2.45) is 5.41 Å². The number of methoxy groups -OCH3 is 1. The number of morpholine rings is 1. The molecule has 0 bridgehead atoms. The molecule has 1 aromatic carbocycles. The zero-order valence-corrected chi connectivity index (χ0v) is 27.8. The zero-order chi connectivity index (χ0) is 32.5. The van der Waals surface area contributed by atoms with E-state index in [2.05, 4.69) is 45.4 Å². The fourth-order valence-electron chi connectivity index (χ4n) is 6.39. The van der Waals surface area contributed by atoms with E-state index in [9.17, 15) is 4.79 Å². The summed E-state index contributed by atoms with van der Waals surface area (Å²) < 4.78 is 16.5. The molecule has 13 heteroatoms. The van der Waals surface area contributed by atoms with Crippen molar-refractivity contribution in [1.29, 1.82) is 0 Å². The van der Waals surface area contributed by atoms with E-state index in [0.717, 1.165) is 73.2 Å². The van der Waals surface area contributed by atoms with Crippen LogP contribution >= 0.6 is 12.2 Å². The van der Waals surface area contributed by atoms with Crippen molar-refractivity contribution in [3.8, 4) is 17.0 Å². The number of hydrogen-bond acceptors (Lipinski definition) is 12. The molecular weight excluding hydrogens is 604 g/mol. The molecule has 5 heterocycles. The van der Waals surface area contributed by atoms with E-state index in [1.807, 2.05) is 0 Å². The van der Waals surface area contributed by atoms with Crippen LogP contribution in [-0.2, 0) is 15.9 Å². The monoisotopic (exact) mass is 646 g/mol. The number of anilines is 3. The number of nitrogens with two attached hydrogens (primary N) is 1. The van der Waals surface area contributed by atoms with Gasteiger partial charge < -0.3 is 34.6 Å². The average Bonchev–Trinajstić information content (AvgIpc) is 3.69. The van der Waals surface area contributed by atoms with E-state index in [4.69, 9.17) is 42.1 Å². The number of rotatable bonds is 9. The van der Waals surface area contributed by atoms with Gasteiger partial charge in [-0.1, -0.05) is 26.1 Å². The second kappa shape index (κ2) is 13.0. The molecule has 2 saturated heterocycles. The Hall–Kier alpha value is -4.10. The largest absolute Gasteiger partial charge is 0.497 e. The van der Waals surface area contributed by atoms with Gasteiger partial charge >= 0.3 is 5.97 Å². The molecule has 46 heavy (non-hydrogen) atoms. The Morgan fingerprint density at radius 3 is 2.50 bits per heavy atom. The summed E-state index contributed by atoms with van der Waals surface area (Å²) in [6.07, 6.45) is 5.88. The van der Waals surface area contributed by atoms with Crippen molar-refractivity contribution in [2.75, 3.05) is 75.2 Å². The van der Waals surface area contributed by atoms with E-state index in [1.165, 1.54) is 0 Å². The number of carbonyl (C=O) groups is 1. The molecular formula is C33H42N8O4S. The smallest absolute Gasteiger partial charge is 0.338 e. The Bertz CT molecular complexity index is 1580. The maximum atomic E-state index is 12.7. The lowest BCUT2D eigenvalue weighted by atomic mass is 9.90. The Morgan fingerprint density at radius 1 is 1.09 bits per heavy atom. The molecule has 2 fully saturated rings. The van der Waals surface area contributed by atoms with Crippen LogP contribution < -0.4 is 20.3 Å². The highest BCUT2D eigenvalue weighted by molar-refractivity contribution is 7.80. The maximum Gasteiger partial charge on any atom is 0.338 e. The van der Waals surface area contributed by atoms with Crippen molar-refractivity contribution in [2.45, 2.75) is 45.6 Å². The van der Waals surface area contributed by atoms with Gasteiger partial charge in [-0.15, -0.1) is 0 Å². The third-order valence-electron chi connectivity index (χ3n) is 9.06. The van der Waals surface area contributed by atoms with E-state index in [0.29, 0.717) is 36.9 Å². The van der Waals surface area contributed by atoms with Crippen LogP contribution in [0.25, 0.3) is 11.3 Å². The highest BCUT2D eigenvalue weighted by atomic mass is 32.1. The SMILES string of the molecule is COc1ccc(C(=O)OCC(C)(C)CC(=S)N2CC[C@](C)(N3CCc4c(-c5cnc(N)nc5)nc(N5CCOCC5)nc43)C2)cc1. The predicted octanol–water partition coefficient (Wildman–Crippen LogP) is 3.79. The summed E-state index contributed by atoms with van der Waals surface area (Å²) >= 11 is 6.00. The summed E-state index contributed by atoms with van der Waals surface area (Å²) in [5.41, 5.74) is 8.58. The number of hydrogen-bond donors (Lipinski definition) is 1. The van der Waals surface area contributed by atoms with Crippen LogP contribution in [0.5, 0.6) is 5.75 Å². The lowest BCUT2D eigenvalue weighted by molar-refractivity contribution is 0.0349. The van der Waals surface area contributed by atoms with Crippen molar-refractivity contribution in [3.05, 3.63) is 47.8 Å². The minimum absolute atomic E-state index is 0.175. The minimum atomic E-state index is -0.355. The molecule has 3 aliphatic heterocycles. The normalized spacial score (nSPS) is 19.7. The standard InChI is InChI=1S/C33H42N8O4S/c1-32(2,21-45-29(42)22-5-7-24(43-4)8-6-22)17-26(46)40-12-10-33(3,20-40)41-11-9-25-27(23-18-35-30(34)36-19-23)37-31(38-28(25)41)39-13-15-44-16-14-39/h5-8,18-19H,9-17,20-21H2,1-4H3,(H2,34,35,36)/t33-/m0/s1. The molecule has 2 aromatic heterocycles. The Morgan fingerprint density at radius 2 is 1.80 bits per heavy atom. The highest BCUT2D eigenvalue weighted by Crippen LogP contribution is 2.42. The topological polar surface area (TPSA) is 132 Å². The minimum Gasteiger partial charge on any atom is -0.497 e. The van der Waals surface area contributed by atoms with Crippen LogP contribution in [0, 0.1) is 5.41 Å². The number of carbonyl (C=O) groups excluding carboxylic acids is 1. The summed E-state index contributed by atoms with van der Waals surface area (Å²) in [5.74, 6) is 2.23. The summed E-state index contributed by atoms with van der Waals surface area (Å²) in [6, 6.07) is 6.93. The number of fused-ring (bicyclic) bond motifs is 1. The molecule has 1 atom stereocenters. The first-order valence-corrected chi connectivity index (χ1v) is 16.1. The van der Waals surface area contributed by atoms with Gasteiger partial charge in [0.15, 0.2) is 0 Å². The summed E-state index contributed by atoms with van der Waals surface area (Å²) in [7, 11) is 1.59. The summed E-state index contributed by atoms with van der Waals surface area (Å²) in [6.45, 7) is 12.0. The van der Waals surface area contributed by atoms with Crippen molar-refractivity contribution in [1.82, 2.24) is 24.8 Å². The first-order chi connectivity index (χ1) is 22.0. The fourth-order valence-corrected chi connectivity index (χ4v) is 6.94. The van der Waals surface area contributed by atoms with Gasteiger partial charge in [-0.3, -0.25) is 0 Å². The van der Waals surface area contributed by atoms with Gasteiger partial charge in [0.05, 0.1) is 48.7 Å². The van der Waals surface area contributed by atoms with Gasteiger partial charge in [0.1, 0.15) is 11.6 Å². The predicted molar refractivity (Wildman–Crippen MR) is 180 cm³/mol. The molecule has 3 aromatic rings. The number of nitrogens with zero attached hydrogens (tertiary/aromatic N) is 7. The molecule has 0 amide bonds. The summed E-state index contributed by atoms with van der Waals surface area (Å²) in [4.78, 5) is 39.2. The van der Waals surface area contributed by atoms with Gasteiger partial charge in [-0.05, 0) is 44.0 Å². The number of esters is 1. The van der Waals surface area contributed by atoms with Crippen molar-refractivity contribution in [3.63, 3.8) is 0 Å². The number of aromatic nitrogens is 4. The molecule has 0 unspecified atom stereocenters. The van der Waals surface area contributed by atoms with Crippen LogP contribution in [0.15, 0.2) is 36.7 Å². The quantitative estimate of drug-likeness (QED) is 0.267. The van der Waals surface area contributed by atoms with Gasteiger partial charge in [-0.25, -0.2) is 19.7 Å². The van der Waals surface area contributed by atoms with Crippen LogP contribution in [0.3, 0.4) is 0 Å². The molecule has 0 saturated carbocycles. The van der Waals surface area contributed by atoms with E-state index in [-0.39, 0.29) is 29.5 Å². The van der Waals surface area contributed by atoms with Crippen molar-refractivity contribution >= 4 is 40.9 Å². The molecule has 12 nitrogen and oxygen atoms in total. The molecule has 244 valence electrons. The number of likely N-dealkylation sites (tertiary alicyclic amines) is 1. The molecule has 0 aliphatic carbocycles. The lowest BCUT2D eigenvalue weighted by Crippen LogP contribution is -2.49. The van der Waals surface area contributed by atoms with Gasteiger partial charge in [0.25, 0.3) is 0 Å². The third-order valence-corrected chi connectivity index (χ3v) is 9.46. The van der Waals surface area contributed by atoms with Gasteiger partial charge in [-0.2, -0.15) is 4.98 Å². The number of thiocarbonyl (C=S) groups is 1. The van der Waals surface area contributed by atoms with E-state index >= 15 is 0 Å². The first-order valence-electron chi connectivity index (χ1n) is 15.7. The molecule has 0 spiro atoms. The van der Waals surface area contributed by atoms with Gasteiger partial charge in [0, 0.05) is 68.1 Å². The molecule has 2 N–H and O–H groups in total. The van der Waals surface area contributed by atoms with Gasteiger partial charge in [0.2, 0.25) is 11.9 Å². The van der Waals surface area contributed by atoms with Crippen LogP contribution in [0.1, 0.15) is 49.5 Å². The van der Waals surface area contributed by atoms with Crippen LogP contribution in [0.2, 0.25) is 0 Å². The number of nitrogen functional groups attached to an aromatic ring is 1. The van der Waals surface area contributed by atoms with Crippen LogP contribution in [-0.4, -0.2) is 101 Å². The summed E-state index contributed by atoms with van der Waals surface area (Å²) in [5, 5.41) is 0.